The Kier molecular flexibility index (Phi) is 2.97. The largest absolute Gasteiger partial charge is 0.401 e. The third-order valence-corrected chi connectivity index (χ3v) is 4.07. The standard InChI is InChI=1S/C11H18F3N/c12-11(13,14)8-15-9-4-7-10(9)5-2-1-3-6-10/h9,15H,1-8H2. The highest BCUT2D eigenvalue weighted by Gasteiger charge is 2.47. The molecule has 0 bridgehead atoms. The lowest BCUT2D eigenvalue weighted by atomic mass is 9.57. The van der Waals surface area contributed by atoms with Crippen molar-refractivity contribution in [2.45, 2.75) is 57.2 Å². The summed E-state index contributed by atoms with van der Waals surface area (Å²) in [5.74, 6) is 0. The Morgan fingerprint density at radius 2 is 1.73 bits per heavy atom. The maximum absolute atomic E-state index is 12.1. The van der Waals surface area contributed by atoms with Gasteiger partial charge in [0.1, 0.15) is 0 Å². The first kappa shape index (κ1) is 11.2. The zero-order valence-electron chi connectivity index (χ0n) is 8.87. The van der Waals surface area contributed by atoms with Gasteiger partial charge in [-0.3, -0.25) is 0 Å². The van der Waals surface area contributed by atoms with Crippen LogP contribution in [-0.4, -0.2) is 18.8 Å². The van der Waals surface area contributed by atoms with Gasteiger partial charge in [-0.25, -0.2) is 0 Å². The van der Waals surface area contributed by atoms with Gasteiger partial charge in [-0.2, -0.15) is 13.2 Å². The molecule has 0 aromatic heterocycles. The molecule has 1 N–H and O–H groups in total. The van der Waals surface area contributed by atoms with Gasteiger partial charge in [0.15, 0.2) is 0 Å². The molecule has 1 atom stereocenters. The lowest BCUT2D eigenvalue weighted by Gasteiger charge is -2.52. The van der Waals surface area contributed by atoms with Crippen LogP contribution in [0.1, 0.15) is 44.9 Å². The third kappa shape index (κ3) is 2.47. The highest BCUT2D eigenvalue weighted by molar-refractivity contribution is 5.01. The molecule has 0 radical (unpaired) electrons. The van der Waals surface area contributed by atoms with Crippen molar-refractivity contribution in [3.05, 3.63) is 0 Å². The minimum Gasteiger partial charge on any atom is -0.305 e. The van der Waals surface area contributed by atoms with Crippen LogP contribution in [0.5, 0.6) is 0 Å². The second kappa shape index (κ2) is 3.96. The summed E-state index contributed by atoms with van der Waals surface area (Å²) in [6, 6.07) is 0.124. The molecule has 1 nitrogen and oxygen atoms in total. The van der Waals surface area contributed by atoms with E-state index < -0.39 is 12.7 Å². The Bertz CT molecular complexity index is 218. The van der Waals surface area contributed by atoms with Crippen LogP contribution in [0.4, 0.5) is 13.2 Å². The van der Waals surface area contributed by atoms with Crippen molar-refractivity contribution in [3.63, 3.8) is 0 Å². The predicted octanol–water partition coefficient (Wildman–Crippen LogP) is 3.25. The van der Waals surface area contributed by atoms with E-state index in [4.69, 9.17) is 0 Å². The van der Waals surface area contributed by atoms with Gasteiger partial charge in [0.2, 0.25) is 0 Å². The number of hydrogen-bond donors (Lipinski definition) is 1. The molecule has 2 fully saturated rings. The van der Waals surface area contributed by atoms with Crippen molar-refractivity contribution in [1.29, 1.82) is 0 Å². The molecule has 0 heterocycles. The van der Waals surface area contributed by atoms with Crippen molar-refractivity contribution < 1.29 is 13.2 Å². The second-order valence-electron chi connectivity index (χ2n) is 5.01. The first-order valence-electron chi connectivity index (χ1n) is 5.82. The molecular formula is C11H18F3N. The number of alkyl halides is 3. The lowest BCUT2D eigenvalue weighted by molar-refractivity contribution is -0.132. The highest BCUT2D eigenvalue weighted by Crippen LogP contribution is 2.51. The van der Waals surface area contributed by atoms with Gasteiger partial charge < -0.3 is 5.32 Å². The van der Waals surface area contributed by atoms with Gasteiger partial charge in [0.05, 0.1) is 6.54 Å². The Morgan fingerprint density at radius 3 is 2.20 bits per heavy atom. The van der Waals surface area contributed by atoms with Crippen LogP contribution in [0.3, 0.4) is 0 Å². The quantitative estimate of drug-likeness (QED) is 0.754. The summed E-state index contributed by atoms with van der Waals surface area (Å²) >= 11 is 0. The Hall–Kier alpha value is -0.250. The van der Waals surface area contributed by atoms with Crippen molar-refractivity contribution in [3.8, 4) is 0 Å². The molecule has 0 amide bonds. The monoisotopic (exact) mass is 221 g/mol. The average Bonchev–Trinajstić information content (AvgIpc) is 2.16. The third-order valence-electron chi connectivity index (χ3n) is 4.07. The van der Waals surface area contributed by atoms with Crippen molar-refractivity contribution in [1.82, 2.24) is 5.32 Å². The Balaban J connectivity index is 1.83. The zero-order chi connectivity index (χ0) is 10.9. The van der Waals surface area contributed by atoms with Crippen LogP contribution in [0.25, 0.3) is 0 Å². The fraction of sp³-hybridized carbons (Fsp3) is 1.00. The number of rotatable bonds is 2. The average molecular weight is 221 g/mol. The molecule has 15 heavy (non-hydrogen) atoms. The van der Waals surface area contributed by atoms with E-state index in [1.807, 2.05) is 0 Å². The molecule has 2 rings (SSSR count). The minimum atomic E-state index is -4.06. The summed E-state index contributed by atoms with van der Waals surface area (Å²) in [5, 5.41) is 2.69. The number of hydrogen-bond acceptors (Lipinski definition) is 1. The topological polar surface area (TPSA) is 12.0 Å². The van der Waals surface area contributed by atoms with Crippen molar-refractivity contribution in [2.75, 3.05) is 6.54 Å². The highest BCUT2D eigenvalue weighted by atomic mass is 19.4. The first-order valence-corrected chi connectivity index (χ1v) is 5.82. The lowest BCUT2D eigenvalue weighted by Crippen LogP contribution is -2.56. The second-order valence-corrected chi connectivity index (χ2v) is 5.01. The molecule has 0 aromatic carbocycles. The molecule has 1 spiro atoms. The summed E-state index contributed by atoms with van der Waals surface area (Å²) in [4.78, 5) is 0. The van der Waals surface area contributed by atoms with Gasteiger partial charge >= 0.3 is 6.18 Å². The molecular weight excluding hydrogens is 203 g/mol. The van der Waals surface area contributed by atoms with Crippen LogP contribution in [0.2, 0.25) is 0 Å². The molecule has 2 aliphatic rings. The smallest absolute Gasteiger partial charge is 0.305 e. The maximum atomic E-state index is 12.1. The van der Waals surface area contributed by atoms with E-state index in [-0.39, 0.29) is 11.5 Å². The normalized spacial score (nSPS) is 30.2. The van der Waals surface area contributed by atoms with Crippen molar-refractivity contribution >= 4 is 0 Å². The van der Waals surface area contributed by atoms with E-state index in [2.05, 4.69) is 5.32 Å². The molecule has 2 saturated carbocycles. The SMILES string of the molecule is FC(F)(F)CNC1CCC12CCCCC2. The van der Waals surface area contributed by atoms with Gasteiger partial charge in [-0.15, -0.1) is 0 Å². The summed E-state index contributed by atoms with van der Waals surface area (Å²) in [5.41, 5.74) is 0.226. The van der Waals surface area contributed by atoms with Crippen molar-refractivity contribution in [2.24, 2.45) is 5.41 Å². The van der Waals surface area contributed by atoms with E-state index in [1.165, 1.54) is 19.3 Å². The molecule has 4 heteroatoms. The summed E-state index contributed by atoms with van der Waals surface area (Å²) in [6.45, 7) is -0.820. The van der Waals surface area contributed by atoms with Gasteiger partial charge in [-0.1, -0.05) is 19.3 Å². The van der Waals surface area contributed by atoms with Crippen LogP contribution in [0.15, 0.2) is 0 Å². The molecule has 88 valence electrons. The zero-order valence-corrected chi connectivity index (χ0v) is 8.87. The van der Waals surface area contributed by atoms with E-state index in [9.17, 15) is 13.2 Å². The van der Waals surface area contributed by atoms with Crippen LogP contribution in [-0.2, 0) is 0 Å². The Labute approximate surface area is 88.4 Å². The van der Waals surface area contributed by atoms with E-state index in [0.717, 1.165) is 25.7 Å². The minimum absolute atomic E-state index is 0.124. The van der Waals surface area contributed by atoms with E-state index in [1.54, 1.807) is 0 Å². The van der Waals surface area contributed by atoms with Gasteiger partial charge in [0.25, 0.3) is 0 Å². The number of halogens is 3. The van der Waals surface area contributed by atoms with E-state index >= 15 is 0 Å². The van der Waals surface area contributed by atoms with Gasteiger partial charge in [-0.05, 0) is 31.1 Å². The van der Waals surface area contributed by atoms with Gasteiger partial charge in [0, 0.05) is 6.04 Å². The summed E-state index contributed by atoms with van der Waals surface area (Å²) in [7, 11) is 0. The summed E-state index contributed by atoms with van der Waals surface area (Å²) < 4.78 is 36.2. The van der Waals surface area contributed by atoms with Crippen LogP contribution in [0, 0.1) is 5.41 Å². The molecule has 0 aliphatic heterocycles. The molecule has 1 unspecified atom stereocenters. The molecule has 0 saturated heterocycles. The molecule has 2 aliphatic carbocycles. The maximum Gasteiger partial charge on any atom is 0.401 e. The van der Waals surface area contributed by atoms with Crippen LogP contribution < -0.4 is 5.32 Å². The van der Waals surface area contributed by atoms with Crippen LogP contribution >= 0.6 is 0 Å². The van der Waals surface area contributed by atoms with E-state index in [0.29, 0.717) is 0 Å². The number of nitrogens with one attached hydrogen (secondary N) is 1. The predicted molar refractivity (Wildman–Crippen MR) is 52.6 cm³/mol. The fourth-order valence-electron chi connectivity index (χ4n) is 3.11. The first-order chi connectivity index (χ1) is 7.02. The Morgan fingerprint density at radius 1 is 1.07 bits per heavy atom. The fourth-order valence-corrected chi connectivity index (χ4v) is 3.11. The summed E-state index contributed by atoms with van der Waals surface area (Å²) in [6.07, 6.45) is 3.90. The molecule has 0 aromatic rings.